The molecule has 0 bridgehead atoms. The second-order valence-electron chi connectivity index (χ2n) is 10.1. The van der Waals surface area contributed by atoms with E-state index in [1.807, 2.05) is 37.1 Å². The van der Waals surface area contributed by atoms with Gasteiger partial charge in [-0.25, -0.2) is 0 Å². The van der Waals surface area contributed by atoms with Crippen molar-refractivity contribution in [1.29, 1.82) is 0 Å². The Morgan fingerprint density at radius 2 is 0.900 bits per heavy atom. The van der Waals surface area contributed by atoms with Crippen LogP contribution in [0.25, 0.3) is 77.0 Å². The maximum absolute atomic E-state index is 4.66. The number of pyridine rings is 3. The van der Waals surface area contributed by atoms with Crippen LogP contribution < -0.4 is 0 Å². The van der Waals surface area contributed by atoms with Gasteiger partial charge in [-0.3, -0.25) is 15.0 Å². The van der Waals surface area contributed by atoms with Crippen molar-refractivity contribution in [2.45, 2.75) is 0 Å². The topological polar surface area (TPSA) is 38.7 Å². The second kappa shape index (κ2) is 9.11. The third-order valence-corrected chi connectivity index (χ3v) is 7.88. The molecular formula is C37H23N3. The monoisotopic (exact) mass is 509 g/mol. The van der Waals surface area contributed by atoms with Crippen LogP contribution in [0, 0.1) is 0 Å². The highest BCUT2D eigenvalue weighted by Gasteiger charge is 2.16. The van der Waals surface area contributed by atoms with Crippen molar-refractivity contribution in [3.05, 3.63) is 140 Å². The van der Waals surface area contributed by atoms with E-state index in [0.29, 0.717) is 0 Å². The summed E-state index contributed by atoms with van der Waals surface area (Å²) in [5.41, 5.74) is 9.17. The number of hydrogen-bond acceptors (Lipinski definition) is 3. The van der Waals surface area contributed by atoms with Crippen molar-refractivity contribution < 1.29 is 0 Å². The molecule has 0 aliphatic heterocycles. The van der Waals surface area contributed by atoms with Crippen LogP contribution in [0.4, 0.5) is 0 Å². The van der Waals surface area contributed by atoms with E-state index in [-0.39, 0.29) is 0 Å². The van der Waals surface area contributed by atoms with Gasteiger partial charge in [-0.15, -0.1) is 0 Å². The minimum atomic E-state index is 0.993. The van der Waals surface area contributed by atoms with E-state index in [0.717, 1.165) is 33.5 Å². The van der Waals surface area contributed by atoms with Gasteiger partial charge in [-0.1, -0.05) is 54.6 Å². The average molecular weight is 510 g/mol. The summed E-state index contributed by atoms with van der Waals surface area (Å²) in [5, 5.41) is 7.56. The van der Waals surface area contributed by atoms with Gasteiger partial charge in [0.1, 0.15) is 0 Å². The molecule has 0 aliphatic rings. The highest BCUT2D eigenvalue weighted by Crippen LogP contribution is 2.43. The van der Waals surface area contributed by atoms with Crippen LogP contribution in [0.1, 0.15) is 0 Å². The Kier molecular flexibility index (Phi) is 5.14. The van der Waals surface area contributed by atoms with Gasteiger partial charge in [0.15, 0.2) is 0 Å². The summed E-state index contributed by atoms with van der Waals surface area (Å²) in [6, 6.07) is 39.2. The molecule has 0 fully saturated rings. The lowest BCUT2D eigenvalue weighted by Crippen LogP contribution is -1.91. The predicted molar refractivity (Wildman–Crippen MR) is 165 cm³/mol. The van der Waals surface area contributed by atoms with Crippen LogP contribution in [0.5, 0.6) is 0 Å². The van der Waals surface area contributed by atoms with Crippen LogP contribution in [0.3, 0.4) is 0 Å². The van der Waals surface area contributed by atoms with Gasteiger partial charge < -0.3 is 0 Å². The molecule has 0 unspecified atom stereocenters. The maximum atomic E-state index is 4.66. The summed E-state index contributed by atoms with van der Waals surface area (Å²) in [7, 11) is 0. The molecule has 5 aromatic carbocycles. The molecule has 0 saturated carbocycles. The Bertz CT molecular complexity index is 2080. The summed E-state index contributed by atoms with van der Waals surface area (Å²) < 4.78 is 0. The van der Waals surface area contributed by atoms with Gasteiger partial charge in [0.05, 0.1) is 5.69 Å². The van der Waals surface area contributed by atoms with Gasteiger partial charge in [-0.2, -0.15) is 0 Å². The molecule has 3 nitrogen and oxygen atoms in total. The molecule has 0 radical (unpaired) electrons. The van der Waals surface area contributed by atoms with E-state index in [1.165, 1.54) is 43.4 Å². The fourth-order valence-corrected chi connectivity index (χ4v) is 6.00. The highest BCUT2D eigenvalue weighted by atomic mass is 14.7. The molecule has 8 aromatic rings. The van der Waals surface area contributed by atoms with Crippen molar-refractivity contribution in [3.63, 3.8) is 0 Å². The van der Waals surface area contributed by atoms with Crippen molar-refractivity contribution >= 4 is 32.3 Å². The molecular weight excluding hydrogens is 486 g/mol. The summed E-state index contributed by atoms with van der Waals surface area (Å²) in [5.74, 6) is 0. The summed E-state index contributed by atoms with van der Waals surface area (Å²) in [4.78, 5) is 13.1. The number of nitrogens with zero attached hydrogens (tertiary/aromatic N) is 3. The van der Waals surface area contributed by atoms with Crippen molar-refractivity contribution in [2.24, 2.45) is 0 Å². The summed E-state index contributed by atoms with van der Waals surface area (Å²) >= 11 is 0. The smallest absolute Gasteiger partial charge is 0.0708 e. The minimum Gasteiger partial charge on any atom is -0.265 e. The zero-order valence-corrected chi connectivity index (χ0v) is 21.6. The van der Waals surface area contributed by atoms with E-state index in [4.69, 9.17) is 0 Å². The highest BCUT2D eigenvalue weighted by molar-refractivity contribution is 6.27. The molecule has 3 heteroatoms. The first-order chi connectivity index (χ1) is 19.8. The third-order valence-electron chi connectivity index (χ3n) is 7.88. The Morgan fingerprint density at radius 3 is 1.48 bits per heavy atom. The number of benzene rings is 5. The molecule has 40 heavy (non-hydrogen) atoms. The van der Waals surface area contributed by atoms with Crippen LogP contribution in [0.15, 0.2) is 140 Å². The molecule has 3 aromatic heterocycles. The van der Waals surface area contributed by atoms with Gasteiger partial charge in [0.25, 0.3) is 0 Å². The molecule has 0 atom stereocenters. The van der Waals surface area contributed by atoms with Crippen LogP contribution in [0.2, 0.25) is 0 Å². The van der Waals surface area contributed by atoms with E-state index in [2.05, 4.69) is 118 Å². The fourth-order valence-electron chi connectivity index (χ4n) is 6.00. The Labute approximate surface area is 231 Å². The van der Waals surface area contributed by atoms with Gasteiger partial charge in [-0.05, 0) is 120 Å². The second-order valence-corrected chi connectivity index (χ2v) is 10.1. The van der Waals surface area contributed by atoms with E-state index in [9.17, 15) is 0 Å². The Balaban J connectivity index is 1.42. The number of hydrogen-bond donors (Lipinski definition) is 0. The van der Waals surface area contributed by atoms with Crippen LogP contribution in [-0.4, -0.2) is 15.0 Å². The number of aromatic nitrogens is 3. The van der Waals surface area contributed by atoms with Crippen LogP contribution >= 0.6 is 0 Å². The van der Waals surface area contributed by atoms with Gasteiger partial charge >= 0.3 is 0 Å². The minimum absolute atomic E-state index is 0.993. The number of rotatable bonds is 4. The Morgan fingerprint density at radius 1 is 0.375 bits per heavy atom. The lowest BCUT2D eigenvalue weighted by molar-refractivity contribution is 1.33. The molecule has 3 heterocycles. The van der Waals surface area contributed by atoms with Crippen LogP contribution in [-0.2, 0) is 0 Å². The summed E-state index contributed by atoms with van der Waals surface area (Å²) in [6.07, 6.45) is 9.27. The van der Waals surface area contributed by atoms with E-state index in [1.54, 1.807) is 0 Å². The van der Waals surface area contributed by atoms with E-state index < -0.39 is 0 Å². The lowest BCUT2D eigenvalue weighted by atomic mass is 9.86. The lowest BCUT2D eigenvalue weighted by Gasteiger charge is -2.17. The summed E-state index contributed by atoms with van der Waals surface area (Å²) in [6.45, 7) is 0. The standard InChI is InChI=1S/C37H23N3/c1-2-16-40-35(3-1)32-9-7-27-5-4-26-6-8-31(33-10-11-34(32)37(27)36(26)33)30-22-28(24-12-17-38-18-13-24)21-29(23-30)25-14-19-39-20-15-25/h1-23H. The molecule has 0 saturated heterocycles. The quantitative estimate of drug-likeness (QED) is 0.222. The Hall–Kier alpha value is -5.41. The van der Waals surface area contributed by atoms with Crippen molar-refractivity contribution in [2.75, 3.05) is 0 Å². The largest absolute Gasteiger partial charge is 0.265 e. The maximum Gasteiger partial charge on any atom is 0.0708 e. The van der Waals surface area contributed by atoms with Gasteiger partial charge in [0, 0.05) is 36.5 Å². The first kappa shape index (κ1) is 22.6. The molecule has 186 valence electrons. The first-order valence-corrected chi connectivity index (χ1v) is 13.4. The molecule has 0 spiro atoms. The fraction of sp³-hybridized carbons (Fsp3) is 0. The normalized spacial score (nSPS) is 11.5. The zero-order chi connectivity index (χ0) is 26.5. The van der Waals surface area contributed by atoms with Gasteiger partial charge in [0.2, 0.25) is 0 Å². The van der Waals surface area contributed by atoms with Crippen molar-refractivity contribution in [1.82, 2.24) is 15.0 Å². The zero-order valence-electron chi connectivity index (χ0n) is 21.6. The first-order valence-electron chi connectivity index (χ1n) is 13.4. The molecule has 0 amide bonds. The molecule has 0 aliphatic carbocycles. The predicted octanol–water partition coefficient (Wildman–Crippen LogP) is 9.44. The van der Waals surface area contributed by atoms with Crippen molar-refractivity contribution in [3.8, 4) is 44.6 Å². The SMILES string of the molecule is c1ccc(-c2ccc3ccc4ccc(-c5cc(-c6ccncc6)cc(-c6ccncc6)c5)c5ccc2c3c45)nc1. The van der Waals surface area contributed by atoms with E-state index >= 15 is 0 Å². The molecule has 8 rings (SSSR count). The molecule has 0 N–H and O–H groups in total. The third kappa shape index (κ3) is 3.63. The average Bonchev–Trinajstić information content (AvgIpc) is 3.04.